The zero-order valence-corrected chi connectivity index (χ0v) is 9.61. The number of carbonyl (C=O) groups excluding carboxylic acids is 2. The van der Waals surface area contributed by atoms with Crippen LogP contribution in [0.4, 0.5) is 11.4 Å². The van der Waals surface area contributed by atoms with Gasteiger partial charge >= 0.3 is 0 Å². The van der Waals surface area contributed by atoms with Gasteiger partial charge in [0.05, 0.1) is 11.4 Å². The third-order valence-electron chi connectivity index (χ3n) is 3.18. The van der Waals surface area contributed by atoms with E-state index < -0.39 is 5.78 Å². The number of ketones is 1. The van der Waals surface area contributed by atoms with E-state index in [2.05, 4.69) is 0 Å². The number of hydrogen-bond donors (Lipinski definition) is 1. The minimum absolute atomic E-state index is 0.00407. The van der Waals surface area contributed by atoms with Crippen LogP contribution in [0.5, 0.6) is 0 Å². The summed E-state index contributed by atoms with van der Waals surface area (Å²) in [5, 5.41) is 10.8. The molecule has 0 radical (unpaired) electrons. The molecule has 18 heavy (non-hydrogen) atoms. The molecule has 1 heterocycles. The summed E-state index contributed by atoms with van der Waals surface area (Å²) >= 11 is 0. The van der Waals surface area contributed by atoms with E-state index in [1.54, 1.807) is 18.3 Å². The minimum atomic E-state index is -0.724. The number of allylic oxidation sites excluding steroid dienone is 1. The van der Waals surface area contributed by atoms with E-state index in [0.29, 0.717) is 11.7 Å². The molecule has 3 rings (SSSR count). The molecule has 1 saturated carbocycles. The average molecular weight is 244 g/mol. The SMILES string of the molecule is O=CC(=O)C1=CN(C2CC2)c2ccccc2N1O. The van der Waals surface area contributed by atoms with Crippen molar-refractivity contribution in [3.63, 3.8) is 0 Å². The van der Waals surface area contributed by atoms with E-state index in [-0.39, 0.29) is 12.0 Å². The molecule has 0 saturated heterocycles. The lowest BCUT2D eigenvalue weighted by atomic mass is 10.1. The smallest absolute Gasteiger partial charge is 0.245 e. The fraction of sp³-hybridized carbons (Fsp3) is 0.231. The summed E-state index contributed by atoms with van der Waals surface area (Å²) in [6.45, 7) is 0. The zero-order chi connectivity index (χ0) is 12.7. The van der Waals surface area contributed by atoms with E-state index in [4.69, 9.17) is 0 Å². The van der Waals surface area contributed by atoms with Crippen molar-refractivity contribution < 1.29 is 14.8 Å². The van der Waals surface area contributed by atoms with Crippen molar-refractivity contribution in [2.75, 3.05) is 9.96 Å². The highest BCUT2D eigenvalue weighted by Gasteiger charge is 2.35. The monoisotopic (exact) mass is 244 g/mol. The molecule has 1 aromatic rings. The van der Waals surface area contributed by atoms with Crippen LogP contribution < -0.4 is 9.96 Å². The second-order valence-corrected chi connectivity index (χ2v) is 4.44. The van der Waals surface area contributed by atoms with Gasteiger partial charge in [0.25, 0.3) is 0 Å². The Hall–Kier alpha value is -2.14. The molecule has 92 valence electrons. The number of aldehydes is 1. The molecule has 0 spiro atoms. The Morgan fingerprint density at radius 1 is 1.28 bits per heavy atom. The summed E-state index contributed by atoms with van der Waals surface area (Å²) in [7, 11) is 0. The predicted molar refractivity (Wildman–Crippen MR) is 65.4 cm³/mol. The highest BCUT2D eigenvalue weighted by Crippen LogP contribution is 2.41. The summed E-state index contributed by atoms with van der Waals surface area (Å²) in [6.07, 6.45) is 3.88. The van der Waals surface area contributed by atoms with Gasteiger partial charge in [0, 0.05) is 12.2 Å². The number of Topliss-reactive ketones (excluding diaryl/α,β-unsaturated/α-hetero) is 1. The number of rotatable bonds is 3. The van der Waals surface area contributed by atoms with E-state index >= 15 is 0 Å². The average Bonchev–Trinajstić information content (AvgIpc) is 3.23. The number of carbonyl (C=O) groups is 2. The first kappa shape index (κ1) is 11.0. The van der Waals surface area contributed by atoms with Crippen LogP contribution in [0.1, 0.15) is 12.8 Å². The third-order valence-corrected chi connectivity index (χ3v) is 3.18. The summed E-state index contributed by atoms with van der Waals surface area (Å²) in [4.78, 5) is 24.1. The summed E-state index contributed by atoms with van der Waals surface area (Å²) in [5.74, 6) is -0.724. The number of hydrogen-bond acceptors (Lipinski definition) is 5. The van der Waals surface area contributed by atoms with Crippen LogP contribution >= 0.6 is 0 Å². The lowest BCUT2D eigenvalue weighted by Gasteiger charge is -2.33. The number of fused-ring (bicyclic) bond motifs is 1. The molecule has 0 bridgehead atoms. The predicted octanol–water partition coefficient (Wildman–Crippen LogP) is 1.47. The minimum Gasteiger partial charge on any atom is -0.341 e. The van der Waals surface area contributed by atoms with Crippen LogP contribution in [0, 0.1) is 0 Å². The third kappa shape index (κ3) is 1.60. The molecule has 0 unspecified atom stereocenters. The molecule has 2 aliphatic rings. The van der Waals surface area contributed by atoms with Gasteiger partial charge in [-0.2, -0.15) is 0 Å². The van der Waals surface area contributed by atoms with Crippen molar-refractivity contribution in [1.29, 1.82) is 0 Å². The second-order valence-electron chi connectivity index (χ2n) is 4.44. The normalized spacial score (nSPS) is 18.2. The topological polar surface area (TPSA) is 60.9 Å². The maximum absolute atomic E-state index is 11.5. The van der Waals surface area contributed by atoms with E-state index in [1.165, 1.54) is 0 Å². The van der Waals surface area contributed by atoms with Gasteiger partial charge in [-0.1, -0.05) is 12.1 Å². The van der Waals surface area contributed by atoms with Gasteiger partial charge in [-0.25, -0.2) is 5.06 Å². The van der Waals surface area contributed by atoms with Gasteiger partial charge in [0.1, 0.15) is 5.70 Å². The summed E-state index contributed by atoms with van der Waals surface area (Å²) in [6, 6.07) is 7.61. The van der Waals surface area contributed by atoms with Crippen molar-refractivity contribution >= 4 is 23.4 Å². The maximum atomic E-state index is 11.5. The number of anilines is 2. The van der Waals surface area contributed by atoms with Gasteiger partial charge < -0.3 is 4.90 Å². The Morgan fingerprint density at radius 2 is 1.94 bits per heavy atom. The van der Waals surface area contributed by atoms with Crippen LogP contribution in [0.3, 0.4) is 0 Å². The molecule has 1 N–H and O–H groups in total. The standard InChI is InChI=1S/C13H12N2O3/c16-8-13(17)12-7-14(9-5-6-9)10-3-1-2-4-11(10)15(12)18/h1-4,7-9,18H,5-6H2. The Kier molecular flexibility index (Phi) is 2.41. The molecular weight excluding hydrogens is 232 g/mol. The maximum Gasteiger partial charge on any atom is 0.245 e. The molecule has 1 aliphatic heterocycles. The lowest BCUT2D eigenvalue weighted by molar-refractivity contribution is -0.127. The summed E-state index contributed by atoms with van der Waals surface area (Å²) < 4.78 is 0. The van der Waals surface area contributed by atoms with E-state index in [0.717, 1.165) is 23.6 Å². The van der Waals surface area contributed by atoms with Crippen molar-refractivity contribution in [3.05, 3.63) is 36.2 Å². The quantitative estimate of drug-likeness (QED) is 0.644. The Bertz CT molecular complexity index is 549. The zero-order valence-electron chi connectivity index (χ0n) is 9.61. The van der Waals surface area contributed by atoms with Gasteiger partial charge in [0.15, 0.2) is 6.29 Å². The first-order valence-electron chi connectivity index (χ1n) is 5.80. The van der Waals surface area contributed by atoms with Crippen molar-refractivity contribution in [2.24, 2.45) is 0 Å². The van der Waals surface area contributed by atoms with Crippen LogP contribution in [-0.4, -0.2) is 23.3 Å². The molecule has 1 aromatic carbocycles. The van der Waals surface area contributed by atoms with Gasteiger partial charge in [-0.15, -0.1) is 0 Å². The molecule has 1 aliphatic carbocycles. The molecule has 5 nitrogen and oxygen atoms in total. The largest absolute Gasteiger partial charge is 0.341 e. The number of nitrogens with zero attached hydrogens (tertiary/aromatic N) is 2. The molecule has 0 atom stereocenters. The number of benzene rings is 1. The second kappa shape index (κ2) is 3.96. The first-order valence-corrected chi connectivity index (χ1v) is 5.80. The van der Waals surface area contributed by atoms with Crippen LogP contribution in [-0.2, 0) is 9.59 Å². The molecular formula is C13H12N2O3. The first-order chi connectivity index (χ1) is 8.72. The van der Waals surface area contributed by atoms with Gasteiger partial charge in [-0.3, -0.25) is 14.8 Å². The molecule has 0 aromatic heterocycles. The number of para-hydroxylation sites is 2. The Balaban J connectivity index is 2.10. The van der Waals surface area contributed by atoms with Gasteiger partial charge in [-0.05, 0) is 25.0 Å². The fourth-order valence-electron chi connectivity index (χ4n) is 2.13. The Morgan fingerprint density at radius 3 is 2.56 bits per heavy atom. The van der Waals surface area contributed by atoms with Crippen LogP contribution in [0.25, 0.3) is 0 Å². The lowest BCUT2D eigenvalue weighted by Crippen LogP contribution is -2.34. The Labute approximate surface area is 104 Å². The van der Waals surface area contributed by atoms with E-state index in [9.17, 15) is 14.8 Å². The van der Waals surface area contributed by atoms with E-state index in [1.807, 2.05) is 17.0 Å². The van der Waals surface area contributed by atoms with Crippen molar-refractivity contribution in [2.45, 2.75) is 18.9 Å². The fourth-order valence-corrected chi connectivity index (χ4v) is 2.13. The highest BCUT2D eigenvalue weighted by atomic mass is 16.5. The van der Waals surface area contributed by atoms with Crippen LogP contribution in [0.2, 0.25) is 0 Å². The van der Waals surface area contributed by atoms with Crippen LogP contribution in [0.15, 0.2) is 36.2 Å². The van der Waals surface area contributed by atoms with Crippen molar-refractivity contribution in [3.8, 4) is 0 Å². The molecule has 0 amide bonds. The van der Waals surface area contributed by atoms with Crippen molar-refractivity contribution in [1.82, 2.24) is 0 Å². The molecule has 1 fully saturated rings. The molecule has 5 heteroatoms. The van der Waals surface area contributed by atoms with Gasteiger partial charge in [0.2, 0.25) is 5.78 Å². The highest BCUT2D eigenvalue weighted by molar-refractivity contribution is 6.34. The number of hydroxylamine groups is 1. The summed E-state index contributed by atoms with van der Waals surface area (Å²) in [5.41, 5.74) is 1.37.